The Kier molecular flexibility index (Phi) is 10.6. The van der Waals surface area contributed by atoms with Gasteiger partial charge in [-0.3, -0.25) is 0 Å². The number of carbonyl (C=O) groups excluding carboxylic acids is 2. The molecule has 0 unspecified atom stereocenters. The van der Waals surface area contributed by atoms with Crippen LogP contribution in [-0.2, 0) is 9.47 Å². The zero-order chi connectivity index (χ0) is 18.5. The van der Waals surface area contributed by atoms with Crippen LogP contribution in [0.4, 0.5) is 0 Å². The predicted octanol–water partition coefficient (Wildman–Crippen LogP) is 5.41. The van der Waals surface area contributed by atoms with E-state index < -0.39 is 11.9 Å². The number of benzene rings is 1. The monoisotopic (exact) mass is 348 g/mol. The highest BCUT2D eigenvalue weighted by Gasteiger charge is 2.20. The second-order valence-corrected chi connectivity index (χ2v) is 6.43. The molecule has 0 saturated carbocycles. The molecule has 0 spiro atoms. The van der Waals surface area contributed by atoms with E-state index in [4.69, 9.17) is 9.47 Å². The van der Waals surface area contributed by atoms with E-state index >= 15 is 0 Å². The molecule has 0 fully saturated rings. The molecule has 25 heavy (non-hydrogen) atoms. The van der Waals surface area contributed by atoms with Crippen molar-refractivity contribution < 1.29 is 19.1 Å². The lowest BCUT2D eigenvalue weighted by Crippen LogP contribution is -2.18. The van der Waals surface area contributed by atoms with Gasteiger partial charge in [0, 0.05) is 0 Å². The van der Waals surface area contributed by atoms with Gasteiger partial charge in [0.2, 0.25) is 0 Å². The molecule has 140 valence electrons. The highest BCUT2D eigenvalue weighted by molar-refractivity contribution is 6.03. The molecule has 4 nitrogen and oxygen atoms in total. The molecule has 0 aliphatic carbocycles. The molecule has 1 aromatic rings. The second-order valence-electron chi connectivity index (χ2n) is 6.43. The van der Waals surface area contributed by atoms with Crippen molar-refractivity contribution in [3.8, 4) is 0 Å². The van der Waals surface area contributed by atoms with Crippen LogP contribution >= 0.6 is 0 Å². The molecule has 0 saturated heterocycles. The summed E-state index contributed by atoms with van der Waals surface area (Å²) >= 11 is 0. The minimum Gasteiger partial charge on any atom is -0.462 e. The SMILES string of the molecule is CCCCCOC(=O)c1ccccc1C(=O)OCC(CCC)CCC. The van der Waals surface area contributed by atoms with Crippen LogP contribution in [0.25, 0.3) is 0 Å². The summed E-state index contributed by atoms with van der Waals surface area (Å²) in [4.78, 5) is 24.7. The molecule has 0 aliphatic heterocycles. The van der Waals surface area contributed by atoms with Crippen molar-refractivity contribution in [1.29, 1.82) is 0 Å². The fourth-order valence-electron chi connectivity index (χ4n) is 2.83. The predicted molar refractivity (Wildman–Crippen MR) is 99.8 cm³/mol. The number of hydrogen-bond acceptors (Lipinski definition) is 4. The van der Waals surface area contributed by atoms with Crippen LogP contribution in [-0.4, -0.2) is 25.2 Å². The molecule has 4 heteroatoms. The fourth-order valence-corrected chi connectivity index (χ4v) is 2.83. The summed E-state index contributed by atoms with van der Waals surface area (Å²) in [6.45, 7) is 7.14. The molecule has 0 N–H and O–H groups in total. The van der Waals surface area contributed by atoms with E-state index in [1.165, 1.54) is 0 Å². The van der Waals surface area contributed by atoms with Crippen LogP contribution < -0.4 is 0 Å². The summed E-state index contributed by atoms with van der Waals surface area (Å²) < 4.78 is 10.8. The van der Waals surface area contributed by atoms with Crippen LogP contribution in [0.15, 0.2) is 24.3 Å². The summed E-state index contributed by atoms with van der Waals surface area (Å²) in [5.41, 5.74) is 0.571. The Morgan fingerprint density at radius 3 is 1.92 bits per heavy atom. The number of ether oxygens (including phenoxy) is 2. The lowest BCUT2D eigenvalue weighted by atomic mass is 9.99. The molecule has 0 radical (unpaired) electrons. The van der Waals surface area contributed by atoms with Crippen molar-refractivity contribution in [3.05, 3.63) is 35.4 Å². The van der Waals surface area contributed by atoms with Gasteiger partial charge in [0.15, 0.2) is 0 Å². The Labute approximate surface area is 151 Å². The number of hydrogen-bond donors (Lipinski definition) is 0. The normalized spacial score (nSPS) is 10.7. The number of esters is 2. The van der Waals surface area contributed by atoms with E-state index in [1.54, 1.807) is 24.3 Å². The zero-order valence-electron chi connectivity index (χ0n) is 15.9. The maximum Gasteiger partial charge on any atom is 0.339 e. The minimum absolute atomic E-state index is 0.284. The van der Waals surface area contributed by atoms with Gasteiger partial charge >= 0.3 is 11.9 Å². The Hall–Kier alpha value is -1.84. The topological polar surface area (TPSA) is 52.6 Å². The van der Waals surface area contributed by atoms with E-state index in [-0.39, 0.29) is 11.1 Å². The van der Waals surface area contributed by atoms with Gasteiger partial charge in [0.1, 0.15) is 0 Å². The van der Waals surface area contributed by atoms with Crippen molar-refractivity contribution in [2.24, 2.45) is 5.92 Å². The summed E-state index contributed by atoms with van der Waals surface area (Å²) in [6.07, 6.45) is 7.16. The smallest absolute Gasteiger partial charge is 0.339 e. The molecule has 0 atom stereocenters. The first-order chi connectivity index (χ1) is 12.1. The van der Waals surface area contributed by atoms with Crippen molar-refractivity contribution in [3.63, 3.8) is 0 Å². The Morgan fingerprint density at radius 2 is 1.40 bits per heavy atom. The van der Waals surface area contributed by atoms with E-state index in [1.807, 2.05) is 0 Å². The summed E-state index contributed by atoms with van der Waals surface area (Å²) in [6, 6.07) is 6.71. The van der Waals surface area contributed by atoms with Crippen molar-refractivity contribution in [2.75, 3.05) is 13.2 Å². The third kappa shape index (κ3) is 7.72. The molecule has 1 rings (SSSR count). The second kappa shape index (κ2) is 12.5. The lowest BCUT2D eigenvalue weighted by molar-refractivity contribution is 0.0402. The Balaban J connectivity index is 2.67. The summed E-state index contributed by atoms with van der Waals surface area (Å²) in [5, 5.41) is 0. The van der Waals surface area contributed by atoms with Gasteiger partial charge in [0.25, 0.3) is 0 Å². The van der Waals surface area contributed by atoms with E-state index in [0.717, 1.165) is 44.9 Å². The van der Waals surface area contributed by atoms with Gasteiger partial charge in [-0.1, -0.05) is 58.6 Å². The van der Waals surface area contributed by atoms with Crippen LogP contribution in [0, 0.1) is 5.92 Å². The fraction of sp³-hybridized carbons (Fsp3) is 0.619. The van der Waals surface area contributed by atoms with Gasteiger partial charge in [-0.15, -0.1) is 0 Å². The molecule has 0 bridgehead atoms. The van der Waals surface area contributed by atoms with Crippen molar-refractivity contribution in [1.82, 2.24) is 0 Å². The van der Waals surface area contributed by atoms with Crippen LogP contribution in [0.3, 0.4) is 0 Å². The highest BCUT2D eigenvalue weighted by Crippen LogP contribution is 2.17. The van der Waals surface area contributed by atoms with Crippen molar-refractivity contribution in [2.45, 2.75) is 65.7 Å². The molecule has 0 aliphatic rings. The van der Waals surface area contributed by atoms with Crippen molar-refractivity contribution >= 4 is 11.9 Å². The number of carbonyl (C=O) groups is 2. The largest absolute Gasteiger partial charge is 0.462 e. The summed E-state index contributed by atoms with van der Waals surface area (Å²) in [7, 11) is 0. The molecular formula is C21H32O4. The van der Waals surface area contributed by atoms with Crippen LogP contribution in [0.1, 0.15) is 86.4 Å². The standard InChI is InChI=1S/C21H32O4/c1-4-7-10-15-24-20(22)18-13-8-9-14-19(18)21(23)25-16-17(11-5-2)12-6-3/h8-9,13-14,17H,4-7,10-12,15-16H2,1-3H3. The first-order valence-electron chi connectivity index (χ1n) is 9.57. The van der Waals surface area contributed by atoms with Gasteiger partial charge in [-0.2, -0.15) is 0 Å². The lowest BCUT2D eigenvalue weighted by Gasteiger charge is -2.16. The molecule has 1 aromatic carbocycles. The molecule has 0 amide bonds. The van der Waals surface area contributed by atoms with Gasteiger partial charge in [0.05, 0.1) is 24.3 Å². The average molecular weight is 348 g/mol. The molecular weight excluding hydrogens is 316 g/mol. The first kappa shape index (κ1) is 21.2. The van der Waals surface area contributed by atoms with E-state index in [2.05, 4.69) is 20.8 Å². The maximum atomic E-state index is 12.4. The van der Waals surface area contributed by atoms with Gasteiger partial charge in [-0.25, -0.2) is 9.59 Å². The Bertz CT molecular complexity index is 518. The average Bonchev–Trinajstić information content (AvgIpc) is 2.63. The molecule has 0 heterocycles. The minimum atomic E-state index is -0.456. The third-order valence-corrected chi connectivity index (χ3v) is 4.19. The number of unbranched alkanes of at least 4 members (excludes halogenated alkanes) is 2. The van der Waals surface area contributed by atoms with E-state index in [9.17, 15) is 9.59 Å². The van der Waals surface area contributed by atoms with Gasteiger partial charge in [-0.05, 0) is 37.3 Å². The highest BCUT2D eigenvalue weighted by atomic mass is 16.5. The summed E-state index contributed by atoms with van der Waals surface area (Å²) in [5.74, 6) is -0.521. The van der Waals surface area contributed by atoms with Gasteiger partial charge < -0.3 is 9.47 Å². The van der Waals surface area contributed by atoms with Crippen LogP contribution in [0.2, 0.25) is 0 Å². The Morgan fingerprint density at radius 1 is 0.840 bits per heavy atom. The zero-order valence-corrected chi connectivity index (χ0v) is 15.9. The third-order valence-electron chi connectivity index (χ3n) is 4.19. The number of rotatable bonds is 12. The molecule has 0 aromatic heterocycles. The quantitative estimate of drug-likeness (QED) is 0.374. The first-order valence-corrected chi connectivity index (χ1v) is 9.57. The maximum absolute atomic E-state index is 12.4. The van der Waals surface area contributed by atoms with Crippen LogP contribution in [0.5, 0.6) is 0 Å². The van der Waals surface area contributed by atoms with E-state index in [0.29, 0.717) is 19.1 Å².